The first kappa shape index (κ1) is 25.2. The number of halogens is 1. The van der Waals surface area contributed by atoms with E-state index in [-0.39, 0.29) is 48.5 Å². The maximum absolute atomic E-state index is 14.8. The number of amides is 4. The van der Waals surface area contributed by atoms with Crippen molar-refractivity contribution in [2.45, 2.75) is 70.8 Å². The van der Waals surface area contributed by atoms with Crippen LogP contribution in [0.25, 0.3) is 0 Å². The molecule has 0 radical (unpaired) electrons. The molecular formula is C24H34FN5O5. The molecule has 9 atom stereocenters. The van der Waals surface area contributed by atoms with Gasteiger partial charge >= 0.3 is 6.09 Å². The predicted molar refractivity (Wildman–Crippen MR) is 121 cm³/mol. The highest BCUT2D eigenvalue weighted by atomic mass is 19.1. The zero-order chi connectivity index (χ0) is 25.7. The molecule has 4 aliphatic rings. The minimum absolute atomic E-state index is 0.0432. The highest BCUT2D eigenvalue weighted by Gasteiger charge is 2.63. The Morgan fingerprint density at radius 2 is 1.97 bits per heavy atom. The molecule has 35 heavy (non-hydrogen) atoms. The van der Waals surface area contributed by atoms with E-state index in [1.807, 2.05) is 6.07 Å². The molecular weight excluding hydrogens is 457 g/mol. The van der Waals surface area contributed by atoms with E-state index in [9.17, 15) is 33.9 Å². The Hall–Kier alpha value is -2.90. The molecule has 11 heteroatoms. The summed E-state index contributed by atoms with van der Waals surface area (Å²) in [5.74, 6) is -2.30. The number of fused-ring (bicyclic) bond motifs is 5. The van der Waals surface area contributed by atoms with Gasteiger partial charge in [0.05, 0.1) is 6.07 Å². The molecule has 0 spiro atoms. The summed E-state index contributed by atoms with van der Waals surface area (Å²) in [6.45, 7) is 5.98. The average Bonchev–Trinajstić information content (AvgIpc) is 3.51. The van der Waals surface area contributed by atoms with Crippen molar-refractivity contribution in [3.8, 4) is 6.07 Å². The van der Waals surface area contributed by atoms with E-state index < -0.39 is 47.6 Å². The minimum atomic E-state index is -1.35. The summed E-state index contributed by atoms with van der Waals surface area (Å²) in [6, 6.07) is -0.971. The van der Waals surface area contributed by atoms with Crippen molar-refractivity contribution in [2.75, 3.05) is 13.1 Å². The lowest BCUT2D eigenvalue weighted by Crippen LogP contribution is -2.59. The largest absolute Gasteiger partial charge is 0.465 e. The van der Waals surface area contributed by atoms with E-state index in [0.29, 0.717) is 25.8 Å². The summed E-state index contributed by atoms with van der Waals surface area (Å²) in [4.78, 5) is 52.1. The third-order valence-electron chi connectivity index (χ3n) is 8.36. The standard InChI is InChI=1S/C24H34FN5O5/c1-24(2,3)19(29-23(34)35)22(33)30-10-15-12-7-14(16(25)8-12)17(15)18(30)21(32)28-13(9-26)6-11-4-5-27-20(11)31/h11-19,29H,4-8,10H2,1-3H3,(H,27,31)(H,28,32)(H,34,35)/t11?,12-,13-,14+,15+,16+,17-,18-,19?/m0/s1. The van der Waals surface area contributed by atoms with Gasteiger partial charge in [-0.15, -0.1) is 0 Å². The number of hydrogen-bond acceptors (Lipinski definition) is 5. The van der Waals surface area contributed by atoms with Gasteiger partial charge in [-0.25, -0.2) is 9.18 Å². The van der Waals surface area contributed by atoms with Crippen molar-refractivity contribution < 1.29 is 28.7 Å². The monoisotopic (exact) mass is 491 g/mol. The zero-order valence-electron chi connectivity index (χ0n) is 20.3. The quantitative estimate of drug-likeness (QED) is 0.435. The summed E-state index contributed by atoms with van der Waals surface area (Å²) >= 11 is 0. The number of nitrogens with zero attached hydrogens (tertiary/aromatic N) is 2. The molecule has 2 aliphatic carbocycles. The van der Waals surface area contributed by atoms with Crippen LogP contribution in [-0.4, -0.2) is 71.2 Å². The van der Waals surface area contributed by atoms with Gasteiger partial charge < -0.3 is 26.0 Å². The molecule has 2 aliphatic heterocycles. The van der Waals surface area contributed by atoms with Crippen molar-refractivity contribution >= 4 is 23.8 Å². The molecule has 2 saturated heterocycles. The Labute approximate surface area is 204 Å². The van der Waals surface area contributed by atoms with Gasteiger partial charge in [-0.1, -0.05) is 20.8 Å². The summed E-state index contributed by atoms with van der Waals surface area (Å²) in [5, 5.41) is 26.7. The second-order valence-corrected chi connectivity index (χ2v) is 11.5. The van der Waals surface area contributed by atoms with Crippen LogP contribution in [0.2, 0.25) is 0 Å². The van der Waals surface area contributed by atoms with Crippen LogP contribution in [0.3, 0.4) is 0 Å². The summed E-state index contributed by atoms with van der Waals surface area (Å²) in [7, 11) is 0. The zero-order valence-corrected chi connectivity index (χ0v) is 20.3. The highest BCUT2D eigenvalue weighted by molar-refractivity contribution is 5.93. The number of rotatable bonds is 6. The number of hydrogen-bond donors (Lipinski definition) is 4. The molecule has 2 heterocycles. The molecule has 2 unspecified atom stereocenters. The Morgan fingerprint density at radius 1 is 1.26 bits per heavy atom. The number of likely N-dealkylation sites (tertiary alicyclic amines) is 1. The van der Waals surface area contributed by atoms with Gasteiger partial charge in [-0.3, -0.25) is 14.4 Å². The number of nitrogens with one attached hydrogen (secondary N) is 3. The SMILES string of the molecule is CC(C)(C)C(NC(=O)O)C(=O)N1C[C@@H]2[C@H]3C[C@@H]([C@@H]2[C@H]1C(=O)N[C@H](C#N)CC1CCNC1=O)[C@H](F)C3. The molecule has 10 nitrogen and oxygen atoms in total. The summed E-state index contributed by atoms with van der Waals surface area (Å²) in [5.41, 5.74) is -0.763. The number of carboxylic acid groups (broad SMARTS) is 1. The number of alkyl halides is 1. The second kappa shape index (κ2) is 9.28. The molecule has 0 aromatic rings. The number of carbonyl (C=O) groups excluding carboxylic acids is 3. The van der Waals surface area contributed by atoms with Crippen LogP contribution >= 0.6 is 0 Å². The van der Waals surface area contributed by atoms with Gasteiger partial charge in [0.25, 0.3) is 0 Å². The number of carbonyl (C=O) groups is 4. The molecule has 4 amide bonds. The fraction of sp³-hybridized carbons (Fsp3) is 0.792. The van der Waals surface area contributed by atoms with E-state index in [2.05, 4.69) is 16.0 Å². The Balaban J connectivity index is 1.59. The lowest BCUT2D eigenvalue weighted by Gasteiger charge is -2.36. The molecule has 4 N–H and O–H groups in total. The van der Waals surface area contributed by atoms with Gasteiger partial charge in [0.15, 0.2) is 0 Å². The van der Waals surface area contributed by atoms with Gasteiger partial charge in [0.1, 0.15) is 24.3 Å². The lowest BCUT2D eigenvalue weighted by molar-refractivity contribution is -0.143. The van der Waals surface area contributed by atoms with E-state index in [1.165, 1.54) is 4.90 Å². The molecule has 4 rings (SSSR count). The van der Waals surface area contributed by atoms with Crippen molar-refractivity contribution in [3.05, 3.63) is 0 Å². The van der Waals surface area contributed by atoms with Gasteiger partial charge in [0, 0.05) is 19.0 Å². The molecule has 192 valence electrons. The van der Waals surface area contributed by atoms with Gasteiger partial charge in [0.2, 0.25) is 17.7 Å². The van der Waals surface area contributed by atoms with Crippen molar-refractivity contribution in [1.82, 2.24) is 20.9 Å². The van der Waals surface area contributed by atoms with Crippen molar-refractivity contribution in [3.63, 3.8) is 0 Å². The molecule has 0 aromatic carbocycles. The minimum Gasteiger partial charge on any atom is -0.465 e. The Bertz CT molecular complexity index is 946. The van der Waals surface area contributed by atoms with Crippen molar-refractivity contribution in [2.24, 2.45) is 35.0 Å². The Kier molecular flexibility index (Phi) is 6.68. The number of nitriles is 1. The van der Waals surface area contributed by atoms with Crippen LogP contribution in [0.4, 0.5) is 9.18 Å². The lowest BCUT2D eigenvalue weighted by atomic mass is 9.77. The van der Waals surface area contributed by atoms with Gasteiger partial charge in [-0.05, 0) is 54.8 Å². The van der Waals surface area contributed by atoms with Crippen LogP contribution in [-0.2, 0) is 14.4 Å². The van der Waals surface area contributed by atoms with E-state index in [0.717, 1.165) is 0 Å². The second-order valence-electron chi connectivity index (χ2n) is 11.5. The fourth-order valence-electron chi connectivity index (χ4n) is 6.76. The highest BCUT2D eigenvalue weighted by Crippen LogP contribution is 2.58. The summed E-state index contributed by atoms with van der Waals surface area (Å²) < 4.78 is 14.8. The predicted octanol–water partition coefficient (Wildman–Crippen LogP) is 1.02. The van der Waals surface area contributed by atoms with Crippen LogP contribution < -0.4 is 16.0 Å². The first-order valence-electron chi connectivity index (χ1n) is 12.3. The Morgan fingerprint density at radius 3 is 2.54 bits per heavy atom. The maximum atomic E-state index is 14.8. The van der Waals surface area contributed by atoms with E-state index in [1.54, 1.807) is 20.8 Å². The third-order valence-corrected chi connectivity index (χ3v) is 8.36. The van der Waals surface area contributed by atoms with Crippen LogP contribution in [0, 0.1) is 46.3 Å². The topological polar surface area (TPSA) is 152 Å². The van der Waals surface area contributed by atoms with Gasteiger partial charge in [-0.2, -0.15) is 5.26 Å². The maximum Gasteiger partial charge on any atom is 0.405 e. The first-order chi connectivity index (χ1) is 16.4. The third kappa shape index (κ3) is 4.67. The normalized spacial score (nSPS) is 35.1. The first-order valence-corrected chi connectivity index (χ1v) is 12.3. The molecule has 4 fully saturated rings. The van der Waals surface area contributed by atoms with E-state index >= 15 is 0 Å². The average molecular weight is 492 g/mol. The van der Waals surface area contributed by atoms with Crippen LogP contribution in [0.5, 0.6) is 0 Å². The molecule has 2 saturated carbocycles. The summed E-state index contributed by atoms with van der Waals surface area (Å²) in [6.07, 6.45) is -0.574. The van der Waals surface area contributed by atoms with Crippen molar-refractivity contribution in [1.29, 1.82) is 5.26 Å². The van der Waals surface area contributed by atoms with Crippen LogP contribution in [0.1, 0.15) is 46.5 Å². The molecule has 0 aromatic heterocycles. The van der Waals surface area contributed by atoms with Crippen LogP contribution in [0.15, 0.2) is 0 Å². The smallest absolute Gasteiger partial charge is 0.405 e. The van der Waals surface area contributed by atoms with E-state index in [4.69, 9.17) is 0 Å². The fourth-order valence-corrected chi connectivity index (χ4v) is 6.76. The molecule has 2 bridgehead atoms.